The van der Waals surface area contributed by atoms with E-state index in [1.54, 1.807) is 0 Å². The third-order valence-corrected chi connectivity index (χ3v) is 5.78. The molecule has 0 N–H and O–H groups in total. The third kappa shape index (κ3) is 4.55. The zero-order valence-electron chi connectivity index (χ0n) is 15.6. The van der Waals surface area contributed by atoms with Crippen molar-refractivity contribution in [3.05, 3.63) is 11.6 Å². The highest BCUT2D eigenvalue weighted by molar-refractivity contribution is 4.93. The number of rotatable bonds is 6. The zero-order chi connectivity index (χ0) is 16.9. The predicted molar refractivity (Wildman–Crippen MR) is 94.8 cm³/mol. The van der Waals surface area contributed by atoms with Gasteiger partial charge in [0.25, 0.3) is 0 Å². The highest BCUT2D eigenvalue weighted by Crippen LogP contribution is 2.26. The summed E-state index contributed by atoms with van der Waals surface area (Å²) in [5.41, 5.74) is 0. The minimum Gasteiger partial charge on any atom is -0.377 e. The Labute approximate surface area is 146 Å². The molecule has 2 heterocycles. The molecule has 1 aliphatic carbocycles. The number of ether oxygens (including phenoxy) is 1. The van der Waals surface area contributed by atoms with Crippen LogP contribution in [0, 0.1) is 12.8 Å². The molecule has 0 bridgehead atoms. The molecule has 136 valence electrons. The van der Waals surface area contributed by atoms with E-state index < -0.39 is 0 Å². The van der Waals surface area contributed by atoms with E-state index in [1.807, 2.05) is 14.0 Å². The van der Waals surface area contributed by atoms with Crippen molar-refractivity contribution in [3.63, 3.8) is 0 Å². The Morgan fingerprint density at radius 1 is 1.04 bits per heavy atom. The fraction of sp³-hybridized carbons (Fsp3) is 0.889. The molecule has 6 heteroatoms. The molecule has 2 unspecified atom stereocenters. The molecule has 1 aliphatic heterocycles. The van der Waals surface area contributed by atoms with Crippen molar-refractivity contribution >= 4 is 0 Å². The lowest BCUT2D eigenvalue weighted by Gasteiger charge is -2.35. The van der Waals surface area contributed by atoms with Crippen LogP contribution in [0.4, 0.5) is 0 Å². The zero-order valence-corrected chi connectivity index (χ0v) is 15.6. The van der Waals surface area contributed by atoms with Crippen LogP contribution >= 0.6 is 0 Å². The van der Waals surface area contributed by atoms with E-state index in [2.05, 4.69) is 31.5 Å². The molecule has 3 rings (SSSR count). The fourth-order valence-corrected chi connectivity index (χ4v) is 3.82. The largest absolute Gasteiger partial charge is 0.377 e. The number of hydrogen-bond acceptors (Lipinski definition) is 5. The van der Waals surface area contributed by atoms with Crippen LogP contribution in [0.15, 0.2) is 0 Å². The van der Waals surface area contributed by atoms with Gasteiger partial charge in [-0.25, -0.2) is 0 Å². The molecular formula is C18H33N5O. The predicted octanol–water partition coefficient (Wildman–Crippen LogP) is 1.84. The molecule has 0 spiro atoms. The van der Waals surface area contributed by atoms with Gasteiger partial charge in [-0.2, -0.15) is 0 Å². The van der Waals surface area contributed by atoms with Gasteiger partial charge < -0.3 is 9.30 Å². The quantitative estimate of drug-likeness (QED) is 0.794. The monoisotopic (exact) mass is 335 g/mol. The highest BCUT2D eigenvalue weighted by Gasteiger charge is 2.23. The van der Waals surface area contributed by atoms with Crippen LogP contribution in [0.5, 0.6) is 0 Å². The van der Waals surface area contributed by atoms with Gasteiger partial charge in [0, 0.05) is 39.8 Å². The van der Waals surface area contributed by atoms with Gasteiger partial charge in [0.05, 0.1) is 19.3 Å². The molecule has 0 amide bonds. The number of aromatic nitrogens is 3. The molecule has 2 fully saturated rings. The topological polar surface area (TPSA) is 46.4 Å². The summed E-state index contributed by atoms with van der Waals surface area (Å²) in [6, 6.07) is 0. The lowest BCUT2D eigenvalue weighted by molar-refractivity contribution is -0.0183. The summed E-state index contributed by atoms with van der Waals surface area (Å²) in [6.45, 7) is 11.7. The smallest absolute Gasteiger partial charge is 0.146 e. The van der Waals surface area contributed by atoms with Crippen LogP contribution in [-0.2, 0) is 18.3 Å². The van der Waals surface area contributed by atoms with E-state index >= 15 is 0 Å². The van der Waals surface area contributed by atoms with Crippen molar-refractivity contribution in [2.24, 2.45) is 13.0 Å². The van der Waals surface area contributed by atoms with Gasteiger partial charge in [-0.15, -0.1) is 10.2 Å². The van der Waals surface area contributed by atoms with Crippen LogP contribution in [0.1, 0.15) is 44.3 Å². The van der Waals surface area contributed by atoms with E-state index in [1.165, 1.54) is 25.7 Å². The SMILES string of the molecule is Cc1nnc(CN2CCN(CCOC3CCCCC3C)CC2)n1C. The maximum absolute atomic E-state index is 6.16. The van der Waals surface area contributed by atoms with E-state index in [-0.39, 0.29) is 0 Å². The molecule has 2 atom stereocenters. The van der Waals surface area contributed by atoms with Crippen molar-refractivity contribution in [2.75, 3.05) is 39.3 Å². The van der Waals surface area contributed by atoms with Gasteiger partial charge in [0.2, 0.25) is 0 Å². The maximum atomic E-state index is 6.16. The van der Waals surface area contributed by atoms with Crippen molar-refractivity contribution in [3.8, 4) is 0 Å². The number of hydrogen-bond donors (Lipinski definition) is 0. The van der Waals surface area contributed by atoms with Crippen LogP contribution in [0.3, 0.4) is 0 Å². The Morgan fingerprint density at radius 3 is 2.42 bits per heavy atom. The lowest BCUT2D eigenvalue weighted by atomic mass is 9.88. The van der Waals surface area contributed by atoms with Gasteiger partial charge >= 0.3 is 0 Å². The molecule has 1 aromatic heterocycles. The number of aryl methyl sites for hydroxylation is 1. The Bertz CT molecular complexity index is 510. The Kier molecular flexibility index (Phi) is 6.25. The molecule has 0 radical (unpaired) electrons. The second-order valence-corrected chi connectivity index (χ2v) is 7.51. The van der Waals surface area contributed by atoms with Gasteiger partial charge in [-0.05, 0) is 25.7 Å². The molecule has 1 saturated heterocycles. The van der Waals surface area contributed by atoms with E-state index in [0.29, 0.717) is 6.10 Å². The first-order valence-electron chi connectivity index (χ1n) is 9.54. The van der Waals surface area contributed by atoms with Crippen LogP contribution in [-0.4, -0.2) is 70.0 Å². The van der Waals surface area contributed by atoms with Gasteiger partial charge in [0.1, 0.15) is 11.6 Å². The second kappa shape index (κ2) is 8.41. The van der Waals surface area contributed by atoms with Crippen molar-refractivity contribution in [2.45, 2.75) is 52.2 Å². The normalized spacial score (nSPS) is 26.8. The lowest BCUT2D eigenvalue weighted by Crippen LogP contribution is -2.47. The first kappa shape index (κ1) is 17.8. The summed E-state index contributed by atoms with van der Waals surface area (Å²) in [5, 5.41) is 8.42. The maximum Gasteiger partial charge on any atom is 0.146 e. The van der Waals surface area contributed by atoms with Gasteiger partial charge in [-0.3, -0.25) is 9.80 Å². The Morgan fingerprint density at radius 2 is 1.75 bits per heavy atom. The molecule has 2 aliphatic rings. The van der Waals surface area contributed by atoms with E-state index in [4.69, 9.17) is 4.74 Å². The summed E-state index contributed by atoms with van der Waals surface area (Å²) in [7, 11) is 2.05. The average molecular weight is 335 g/mol. The average Bonchev–Trinajstić information content (AvgIpc) is 2.90. The number of nitrogens with zero attached hydrogens (tertiary/aromatic N) is 5. The highest BCUT2D eigenvalue weighted by atomic mass is 16.5. The molecular weight excluding hydrogens is 302 g/mol. The summed E-state index contributed by atoms with van der Waals surface area (Å²) in [4.78, 5) is 5.01. The standard InChI is InChI=1S/C18H33N5O/c1-15-6-4-5-7-17(15)24-13-12-22-8-10-23(11-9-22)14-18-20-19-16(2)21(18)3/h15,17H,4-14H2,1-3H3. The summed E-state index contributed by atoms with van der Waals surface area (Å²) in [5.74, 6) is 2.79. The molecule has 6 nitrogen and oxygen atoms in total. The van der Waals surface area contributed by atoms with Gasteiger partial charge in [-0.1, -0.05) is 19.8 Å². The Hall–Kier alpha value is -0.980. The molecule has 1 aromatic rings. The van der Waals surface area contributed by atoms with Crippen molar-refractivity contribution in [1.82, 2.24) is 24.6 Å². The van der Waals surface area contributed by atoms with Crippen LogP contribution in [0.25, 0.3) is 0 Å². The summed E-state index contributed by atoms with van der Waals surface area (Å²) >= 11 is 0. The third-order valence-electron chi connectivity index (χ3n) is 5.78. The Balaban J connectivity index is 1.34. The summed E-state index contributed by atoms with van der Waals surface area (Å²) < 4.78 is 8.25. The van der Waals surface area contributed by atoms with Crippen LogP contribution in [0.2, 0.25) is 0 Å². The first-order chi connectivity index (χ1) is 11.6. The number of piperazine rings is 1. The first-order valence-corrected chi connectivity index (χ1v) is 9.54. The minimum atomic E-state index is 0.499. The van der Waals surface area contributed by atoms with Gasteiger partial charge in [0.15, 0.2) is 0 Å². The van der Waals surface area contributed by atoms with E-state index in [0.717, 1.165) is 63.4 Å². The minimum absolute atomic E-state index is 0.499. The molecule has 0 aromatic carbocycles. The summed E-state index contributed by atoms with van der Waals surface area (Å²) in [6.07, 6.45) is 5.82. The fourth-order valence-electron chi connectivity index (χ4n) is 3.82. The molecule has 1 saturated carbocycles. The van der Waals surface area contributed by atoms with Crippen molar-refractivity contribution < 1.29 is 4.74 Å². The second-order valence-electron chi connectivity index (χ2n) is 7.51. The van der Waals surface area contributed by atoms with Crippen molar-refractivity contribution in [1.29, 1.82) is 0 Å². The van der Waals surface area contributed by atoms with Crippen LogP contribution < -0.4 is 0 Å². The molecule has 24 heavy (non-hydrogen) atoms. The van der Waals surface area contributed by atoms with E-state index in [9.17, 15) is 0 Å².